The second kappa shape index (κ2) is 20.3. The number of urea groups is 1. The van der Waals surface area contributed by atoms with Gasteiger partial charge in [-0.25, -0.2) is 9.59 Å². The molecule has 18 heteroatoms. The molecule has 0 spiro atoms. The Balaban J connectivity index is 3.73. The number of hydrogen-bond acceptors (Lipinski definition) is 14. The van der Waals surface area contributed by atoms with Crippen molar-refractivity contribution < 1.29 is 66.8 Å². The summed E-state index contributed by atoms with van der Waals surface area (Å²) >= 11 is 0. The first-order chi connectivity index (χ1) is 23.2. The second-order valence-corrected chi connectivity index (χ2v) is 12.7. The second-order valence-electron chi connectivity index (χ2n) is 12.7. The summed E-state index contributed by atoms with van der Waals surface area (Å²) in [6.45, 7) is 14.0. The number of amides is 4. The fourth-order valence-electron chi connectivity index (χ4n) is 5.21. The van der Waals surface area contributed by atoms with Crippen LogP contribution < -0.4 is 16.0 Å². The minimum absolute atomic E-state index is 0.0231. The third kappa shape index (κ3) is 14.2. The van der Waals surface area contributed by atoms with Crippen molar-refractivity contribution in [1.82, 2.24) is 20.9 Å². The molecule has 0 aliphatic carbocycles. The van der Waals surface area contributed by atoms with Crippen molar-refractivity contribution in [2.45, 2.75) is 137 Å². The smallest absolute Gasteiger partial charge is 0.328 e. The SMILES string of the molecule is COC(=O)[C@H](CC(C)C)NC(=O)CC(C(=O)N[C@@H]1O[C@H](COC(C)=O)[C@@H](OC(C)=O)[C@H](OC(C)=O)[C@H]1OC(C)=O)N(C(=O)NC(C)C)C(C)C. The average molecular weight is 717 g/mol. The van der Waals surface area contributed by atoms with Gasteiger partial charge >= 0.3 is 35.9 Å². The van der Waals surface area contributed by atoms with E-state index in [0.717, 1.165) is 32.6 Å². The molecule has 0 aromatic carbocycles. The molecule has 1 rings (SSSR count). The monoisotopic (exact) mass is 716 g/mol. The average Bonchev–Trinajstić information content (AvgIpc) is 2.96. The lowest BCUT2D eigenvalue weighted by Crippen LogP contribution is -2.68. The minimum atomic E-state index is -1.67. The largest absolute Gasteiger partial charge is 0.467 e. The molecule has 0 bridgehead atoms. The summed E-state index contributed by atoms with van der Waals surface area (Å²) < 4.78 is 32.1. The summed E-state index contributed by atoms with van der Waals surface area (Å²) in [5.74, 6) is -5.84. The van der Waals surface area contributed by atoms with Gasteiger partial charge in [-0.15, -0.1) is 0 Å². The zero-order valence-electron chi connectivity index (χ0n) is 30.6. The molecular formula is C32H52N4O14. The molecular weight excluding hydrogens is 664 g/mol. The van der Waals surface area contributed by atoms with E-state index < -0.39 is 109 Å². The Morgan fingerprint density at radius 2 is 1.28 bits per heavy atom. The summed E-state index contributed by atoms with van der Waals surface area (Å²) in [5.41, 5.74) is 0. The quantitative estimate of drug-likeness (QED) is 0.146. The van der Waals surface area contributed by atoms with Gasteiger partial charge in [-0.2, -0.15) is 0 Å². The van der Waals surface area contributed by atoms with E-state index in [2.05, 4.69) is 16.0 Å². The van der Waals surface area contributed by atoms with Crippen LogP contribution in [0.25, 0.3) is 0 Å². The van der Waals surface area contributed by atoms with E-state index in [-0.39, 0.29) is 18.4 Å². The number of ether oxygens (including phenoxy) is 6. The first-order valence-electron chi connectivity index (χ1n) is 16.2. The Labute approximate surface area is 291 Å². The number of hydrogen-bond donors (Lipinski definition) is 3. The van der Waals surface area contributed by atoms with E-state index in [1.54, 1.807) is 27.7 Å². The molecule has 7 atom stereocenters. The summed E-state index contributed by atoms with van der Waals surface area (Å²) in [5, 5.41) is 7.81. The lowest BCUT2D eigenvalue weighted by Gasteiger charge is -2.45. The summed E-state index contributed by atoms with van der Waals surface area (Å²) in [4.78, 5) is 103. The fourth-order valence-corrected chi connectivity index (χ4v) is 5.21. The number of carbonyl (C=O) groups excluding carboxylic acids is 8. The van der Waals surface area contributed by atoms with Gasteiger partial charge in [0, 0.05) is 39.8 Å². The molecule has 18 nitrogen and oxygen atoms in total. The Bertz CT molecular complexity index is 1240. The third-order valence-corrected chi connectivity index (χ3v) is 7.02. The van der Waals surface area contributed by atoms with Gasteiger partial charge in [0.25, 0.3) is 0 Å². The molecule has 4 amide bonds. The lowest BCUT2D eigenvalue weighted by molar-refractivity contribution is -0.257. The molecule has 284 valence electrons. The molecule has 0 radical (unpaired) electrons. The molecule has 0 aromatic heterocycles. The van der Waals surface area contributed by atoms with Crippen molar-refractivity contribution in [3.63, 3.8) is 0 Å². The van der Waals surface area contributed by atoms with Crippen LogP contribution in [0.15, 0.2) is 0 Å². The van der Waals surface area contributed by atoms with Gasteiger partial charge in [0.1, 0.15) is 24.8 Å². The van der Waals surface area contributed by atoms with Crippen molar-refractivity contribution in [2.24, 2.45) is 5.92 Å². The Morgan fingerprint density at radius 1 is 0.740 bits per heavy atom. The predicted octanol–water partition coefficient (Wildman–Crippen LogP) is 0.477. The van der Waals surface area contributed by atoms with Crippen LogP contribution >= 0.6 is 0 Å². The van der Waals surface area contributed by atoms with Crippen LogP contribution in [-0.2, 0) is 62.0 Å². The van der Waals surface area contributed by atoms with Crippen LogP contribution in [0, 0.1) is 5.92 Å². The highest BCUT2D eigenvalue weighted by Crippen LogP contribution is 2.29. The number of carbonyl (C=O) groups is 8. The van der Waals surface area contributed by atoms with Gasteiger partial charge in [0.05, 0.1) is 13.5 Å². The Kier molecular flexibility index (Phi) is 17.6. The van der Waals surface area contributed by atoms with Crippen LogP contribution in [0.2, 0.25) is 0 Å². The van der Waals surface area contributed by atoms with Crippen LogP contribution in [-0.4, -0.2) is 121 Å². The van der Waals surface area contributed by atoms with Crippen LogP contribution in [0.5, 0.6) is 0 Å². The summed E-state index contributed by atoms with van der Waals surface area (Å²) in [6, 6.07) is -4.34. The highest BCUT2D eigenvalue weighted by atomic mass is 16.7. The highest BCUT2D eigenvalue weighted by Gasteiger charge is 2.53. The van der Waals surface area contributed by atoms with Crippen molar-refractivity contribution >= 4 is 47.7 Å². The fraction of sp³-hybridized carbons (Fsp3) is 0.750. The zero-order chi connectivity index (χ0) is 38.5. The molecule has 1 aliphatic heterocycles. The molecule has 0 aromatic rings. The van der Waals surface area contributed by atoms with Gasteiger partial charge in [-0.05, 0) is 40.0 Å². The highest BCUT2D eigenvalue weighted by molar-refractivity contribution is 5.93. The Morgan fingerprint density at radius 3 is 1.74 bits per heavy atom. The molecule has 1 fully saturated rings. The van der Waals surface area contributed by atoms with E-state index >= 15 is 0 Å². The summed E-state index contributed by atoms with van der Waals surface area (Å²) in [7, 11) is 1.17. The van der Waals surface area contributed by atoms with Crippen LogP contribution in [0.4, 0.5) is 4.79 Å². The molecule has 3 N–H and O–H groups in total. The lowest BCUT2D eigenvalue weighted by atomic mass is 9.96. The number of esters is 5. The molecule has 1 saturated heterocycles. The van der Waals surface area contributed by atoms with E-state index in [9.17, 15) is 38.4 Å². The minimum Gasteiger partial charge on any atom is -0.467 e. The van der Waals surface area contributed by atoms with Crippen molar-refractivity contribution in [3.05, 3.63) is 0 Å². The van der Waals surface area contributed by atoms with E-state index in [1.165, 1.54) is 7.11 Å². The molecule has 1 unspecified atom stereocenters. The normalized spacial score (nSPS) is 21.3. The van der Waals surface area contributed by atoms with Crippen molar-refractivity contribution in [1.29, 1.82) is 0 Å². The number of rotatable bonds is 16. The first-order valence-corrected chi connectivity index (χ1v) is 16.2. The molecule has 50 heavy (non-hydrogen) atoms. The number of nitrogens with one attached hydrogen (secondary N) is 3. The van der Waals surface area contributed by atoms with Crippen molar-refractivity contribution in [3.8, 4) is 0 Å². The summed E-state index contributed by atoms with van der Waals surface area (Å²) in [6.07, 6.45) is -8.15. The molecule has 1 heterocycles. The van der Waals surface area contributed by atoms with Gasteiger partial charge in [0.2, 0.25) is 11.8 Å². The van der Waals surface area contributed by atoms with E-state index in [1.807, 2.05) is 13.8 Å². The Hall–Kier alpha value is -4.48. The maximum Gasteiger partial charge on any atom is 0.328 e. The molecule has 1 aliphatic rings. The standard InChI is InChI=1S/C32H52N4O14/c1-15(2)12-22(31(43)45-11)34-25(41)13-23(36(17(5)6)32(44)33-16(3)4)29(42)35-30-28(49-21(10)40)27(48-20(9)39)26(47-19(8)38)24(50-30)14-46-18(7)37/h15-17,22-24,26-28,30H,12-14H2,1-11H3,(H,33,44)(H,34,41)(H,35,42)/t22-,23?,24+,26+,27-,28+,30+/m0/s1. The number of methoxy groups -OCH3 is 1. The van der Waals surface area contributed by atoms with Gasteiger partial charge in [0.15, 0.2) is 24.5 Å². The predicted molar refractivity (Wildman–Crippen MR) is 173 cm³/mol. The van der Waals surface area contributed by atoms with E-state index in [0.29, 0.717) is 0 Å². The van der Waals surface area contributed by atoms with Crippen LogP contribution in [0.1, 0.15) is 82.1 Å². The maximum absolute atomic E-state index is 14.2. The topological polar surface area (TPSA) is 231 Å². The van der Waals surface area contributed by atoms with Crippen molar-refractivity contribution in [2.75, 3.05) is 13.7 Å². The third-order valence-electron chi connectivity index (χ3n) is 7.02. The van der Waals surface area contributed by atoms with Gasteiger partial charge in [-0.1, -0.05) is 13.8 Å². The zero-order valence-corrected chi connectivity index (χ0v) is 30.6. The van der Waals surface area contributed by atoms with Crippen LogP contribution in [0.3, 0.4) is 0 Å². The maximum atomic E-state index is 14.2. The number of nitrogens with zero attached hydrogens (tertiary/aromatic N) is 1. The molecule has 0 saturated carbocycles. The van der Waals surface area contributed by atoms with E-state index in [4.69, 9.17) is 28.4 Å². The first kappa shape index (κ1) is 43.5. The van der Waals surface area contributed by atoms with Gasteiger partial charge in [-0.3, -0.25) is 28.8 Å². The van der Waals surface area contributed by atoms with Gasteiger partial charge < -0.3 is 49.3 Å².